The van der Waals surface area contributed by atoms with Crippen LogP contribution in [0, 0.1) is 0 Å². The van der Waals surface area contributed by atoms with Crippen molar-refractivity contribution in [2.45, 2.75) is 91.4 Å². The molecule has 0 aromatic heterocycles. The van der Waals surface area contributed by atoms with E-state index in [2.05, 4.69) is 30.9 Å². The van der Waals surface area contributed by atoms with Gasteiger partial charge in [-0.25, -0.2) is 0 Å². The number of quaternary nitrogens is 1. The van der Waals surface area contributed by atoms with Gasteiger partial charge in [0.15, 0.2) is 0 Å². The van der Waals surface area contributed by atoms with Gasteiger partial charge in [0, 0.05) is 26.1 Å². The molecule has 25 heavy (non-hydrogen) atoms. The summed E-state index contributed by atoms with van der Waals surface area (Å²) in [5, 5.41) is 2.12. The topological polar surface area (TPSA) is 32.3 Å². The van der Waals surface area contributed by atoms with Gasteiger partial charge in [-0.3, -0.25) is 4.79 Å². The first-order valence-corrected chi connectivity index (χ1v) is 10.4. The number of nitrogens with zero attached hydrogens (tertiary/aromatic N) is 2. The number of hydrogen-bond donors (Lipinski definition) is 1. The number of nitrogens with one attached hydrogen (secondary N) is 1. The summed E-state index contributed by atoms with van der Waals surface area (Å²) >= 11 is 0. The second-order valence-corrected chi connectivity index (χ2v) is 7.62. The fourth-order valence-corrected chi connectivity index (χ4v) is 3.24. The molecular formula is C21H44N3O+. The van der Waals surface area contributed by atoms with Gasteiger partial charge in [-0.15, -0.1) is 9.71 Å². The molecule has 4 heteroatoms. The Kier molecular flexibility index (Phi) is 13.8. The number of amides is 1. The summed E-state index contributed by atoms with van der Waals surface area (Å²) in [5.74, 6) is -0.0470. The molecule has 0 rings (SSSR count). The van der Waals surface area contributed by atoms with Gasteiger partial charge in [0.2, 0.25) is 0 Å². The lowest BCUT2D eigenvalue weighted by molar-refractivity contribution is -1.06. The van der Waals surface area contributed by atoms with Crippen LogP contribution in [0.5, 0.6) is 0 Å². The molecule has 1 N–H and O–H groups in total. The summed E-state index contributed by atoms with van der Waals surface area (Å²) < 4.78 is 0.527. The van der Waals surface area contributed by atoms with Crippen molar-refractivity contribution in [2.75, 3.05) is 27.2 Å². The van der Waals surface area contributed by atoms with E-state index in [1.165, 1.54) is 57.8 Å². The summed E-state index contributed by atoms with van der Waals surface area (Å²) in [6.45, 7) is 11.9. The average Bonchev–Trinajstić information content (AvgIpc) is 2.56. The van der Waals surface area contributed by atoms with Crippen molar-refractivity contribution in [3.8, 4) is 0 Å². The fourth-order valence-electron chi connectivity index (χ4n) is 3.24. The van der Waals surface area contributed by atoms with Crippen LogP contribution in [-0.4, -0.2) is 42.8 Å². The van der Waals surface area contributed by atoms with E-state index in [9.17, 15) is 4.79 Å². The minimum Gasteiger partial charge on any atom is -0.265 e. The molecule has 0 aliphatic heterocycles. The van der Waals surface area contributed by atoms with Gasteiger partial charge in [0.1, 0.15) is 13.1 Å². The molecule has 4 nitrogen and oxygen atoms in total. The third-order valence-corrected chi connectivity index (χ3v) is 4.94. The zero-order valence-corrected chi connectivity index (χ0v) is 17.7. The molecular weight excluding hydrogens is 310 g/mol. The van der Waals surface area contributed by atoms with Gasteiger partial charge in [0.05, 0.1) is 0 Å². The van der Waals surface area contributed by atoms with Gasteiger partial charge in [0.25, 0.3) is 5.91 Å². The quantitative estimate of drug-likeness (QED) is 0.178. The van der Waals surface area contributed by atoms with Gasteiger partial charge in [-0.05, 0) is 19.8 Å². The van der Waals surface area contributed by atoms with Crippen LogP contribution in [0.25, 0.3) is 0 Å². The molecule has 1 amide bonds. The van der Waals surface area contributed by atoms with Crippen molar-refractivity contribution in [1.29, 1.82) is 0 Å². The van der Waals surface area contributed by atoms with Crippen molar-refractivity contribution in [3.05, 3.63) is 12.2 Å². The Morgan fingerprint density at radius 3 is 1.72 bits per heavy atom. The van der Waals surface area contributed by atoms with Gasteiger partial charge in [-0.2, -0.15) is 5.43 Å². The second-order valence-electron chi connectivity index (χ2n) is 7.62. The maximum Gasteiger partial charge on any atom is 0.292 e. The number of hydrogen-bond acceptors (Lipinski definition) is 2. The summed E-state index contributed by atoms with van der Waals surface area (Å²) in [4.78, 5) is 12.2. The third-order valence-electron chi connectivity index (χ3n) is 4.94. The molecule has 0 radical (unpaired) electrons. The molecule has 0 aromatic rings. The second kappa shape index (κ2) is 14.3. The van der Waals surface area contributed by atoms with Crippen LogP contribution in [-0.2, 0) is 4.79 Å². The maximum atomic E-state index is 12.2. The van der Waals surface area contributed by atoms with E-state index in [0.29, 0.717) is 10.3 Å². The number of carbonyl (C=O) groups is 1. The van der Waals surface area contributed by atoms with Crippen LogP contribution in [0.4, 0.5) is 0 Å². The summed E-state index contributed by atoms with van der Waals surface area (Å²) in [6.07, 6.45) is 14.4. The Morgan fingerprint density at radius 2 is 1.32 bits per heavy atom. The zero-order valence-electron chi connectivity index (χ0n) is 17.7. The van der Waals surface area contributed by atoms with Crippen molar-refractivity contribution in [2.24, 2.45) is 0 Å². The number of unbranched alkanes of at least 4 members (excludes halogenated alkanes) is 9. The first-order chi connectivity index (χ1) is 11.9. The van der Waals surface area contributed by atoms with Gasteiger partial charge >= 0.3 is 0 Å². The summed E-state index contributed by atoms with van der Waals surface area (Å²) in [6, 6.07) is 0. The van der Waals surface area contributed by atoms with Crippen LogP contribution in [0.1, 0.15) is 91.4 Å². The van der Waals surface area contributed by atoms with Crippen LogP contribution in [0.3, 0.4) is 0 Å². The molecule has 1 atom stereocenters. The van der Waals surface area contributed by atoms with Crippen LogP contribution >= 0.6 is 0 Å². The first-order valence-electron chi connectivity index (χ1n) is 10.4. The van der Waals surface area contributed by atoms with E-state index in [1.807, 2.05) is 14.1 Å². The average molecular weight is 355 g/mol. The predicted molar refractivity (Wildman–Crippen MR) is 109 cm³/mol. The largest absolute Gasteiger partial charge is 0.292 e. The number of carbonyl (C=O) groups excluding carboxylic acids is 1. The van der Waals surface area contributed by atoms with Gasteiger partial charge < -0.3 is 0 Å². The monoisotopic (exact) mass is 354 g/mol. The van der Waals surface area contributed by atoms with E-state index in [-0.39, 0.29) is 5.91 Å². The fraction of sp³-hybridized carbons (Fsp3) is 0.857. The molecule has 0 fully saturated rings. The Balaban J connectivity index is 4.18. The predicted octanol–water partition coefficient (Wildman–Crippen LogP) is 5.22. The smallest absolute Gasteiger partial charge is 0.265 e. The van der Waals surface area contributed by atoms with Crippen molar-refractivity contribution < 1.29 is 9.50 Å². The Bertz CT molecular complexity index is 368. The highest BCUT2D eigenvalue weighted by atomic mass is 16.2. The summed E-state index contributed by atoms with van der Waals surface area (Å²) in [7, 11) is 4.09. The molecule has 0 aliphatic rings. The lowest BCUT2D eigenvalue weighted by Crippen LogP contribution is -2.67. The third kappa shape index (κ3) is 10.7. The van der Waals surface area contributed by atoms with Gasteiger partial charge in [-0.1, -0.05) is 71.8 Å². The highest BCUT2D eigenvalue weighted by molar-refractivity contribution is 5.91. The Labute approximate surface area is 157 Å². The van der Waals surface area contributed by atoms with Crippen LogP contribution in [0.15, 0.2) is 12.2 Å². The van der Waals surface area contributed by atoms with Crippen molar-refractivity contribution in [1.82, 2.24) is 10.4 Å². The number of rotatable bonds is 16. The molecule has 0 saturated carbocycles. The highest BCUT2D eigenvalue weighted by Crippen LogP contribution is 2.14. The minimum absolute atomic E-state index is 0.0470. The Morgan fingerprint density at radius 1 is 0.840 bits per heavy atom. The highest BCUT2D eigenvalue weighted by Gasteiger charge is 2.32. The molecule has 0 spiro atoms. The molecule has 0 heterocycles. The standard InChI is InChI=1S/C21H43N3O/c1-7-9-10-11-12-13-14-15-16-17-19-24(18-8-2,23(5)6)22-21(25)20(3)4/h3,7-19H2,1-2,4-6H3/p+1. The van der Waals surface area contributed by atoms with E-state index in [0.717, 1.165) is 25.9 Å². The Hall–Kier alpha value is -0.870. The molecule has 0 aliphatic carbocycles. The molecule has 0 saturated heterocycles. The van der Waals surface area contributed by atoms with Crippen LogP contribution in [0.2, 0.25) is 0 Å². The SMILES string of the molecule is C=C(C)C(=O)N[N+](CCC)(CCCCCCCCCCCC)N(C)C. The molecule has 0 bridgehead atoms. The summed E-state index contributed by atoms with van der Waals surface area (Å²) in [5.41, 5.74) is 3.76. The molecule has 148 valence electrons. The van der Waals surface area contributed by atoms with Crippen molar-refractivity contribution >= 4 is 5.91 Å². The molecule has 1 unspecified atom stereocenters. The van der Waals surface area contributed by atoms with E-state index < -0.39 is 0 Å². The van der Waals surface area contributed by atoms with E-state index in [1.54, 1.807) is 6.92 Å². The van der Waals surface area contributed by atoms with Crippen molar-refractivity contribution in [3.63, 3.8) is 0 Å². The molecule has 0 aromatic carbocycles. The zero-order chi connectivity index (χ0) is 19.1. The lowest BCUT2D eigenvalue weighted by Gasteiger charge is -2.41. The maximum absolute atomic E-state index is 12.2. The normalized spacial score (nSPS) is 13.7. The first kappa shape index (κ1) is 24.1. The van der Waals surface area contributed by atoms with Crippen LogP contribution < -0.4 is 5.43 Å². The lowest BCUT2D eigenvalue weighted by atomic mass is 10.1. The minimum atomic E-state index is -0.0470. The van der Waals surface area contributed by atoms with E-state index >= 15 is 0 Å². The van der Waals surface area contributed by atoms with E-state index in [4.69, 9.17) is 0 Å².